The summed E-state index contributed by atoms with van der Waals surface area (Å²) >= 11 is 0. The molecule has 0 saturated heterocycles. The second kappa shape index (κ2) is 12.0. The molecular weight excluding hydrogens is 581 g/mol. The van der Waals surface area contributed by atoms with E-state index in [1.807, 2.05) is 45.9 Å². The molecule has 10 heteroatoms. The van der Waals surface area contributed by atoms with E-state index in [4.69, 9.17) is 24.7 Å². The van der Waals surface area contributed by atoms with E-state index in [0.717, 1.165) is 45.6 Å². The number of aliphatic carboxylic acids is 1. The van der Waals surface area contributed by atoms with Crippen molar-refractivity contribution in [3.63, 3.8) is 0 Å². The molecule has 2 atom stereocenters. The average Bonchev–Trinajstić information content (AvgIpc) is 3.72. The van der Waals surface area contributed by atoms with Gasteiger partial charge in [-0.25, -0.2) is 9.78 Å². The minimum Gasteiger partial charge on any atom is -0.871 e. The van der Waals surface area contributed by atoms with Crippen LogP contribution in [0.25, 0.3) is 50.6 Å². The molecule has 45 heavy (non-hydrogen) atoms. The Morgan fingerprint density at radius 2 is 1.71 bits per heavy atom. The van der Waals surface area contributed by atoms with Crippen LogP contribution in [0.1, 0.15) is 102 Å². The molecule has 0 saturated carbocycles. The van der Waals surface area contributed by atoms with Gasteiger partial charge in [0.2, 0.25) is 0 Å². The van der Waals surface area contributed by atoms with E-state index >= 15 is 0 Å². The fraction of sp³-hybridized carbons (Fsp3) is 0.314. The Morgan fingerprint density at radius 3 is 2.36 bits per heavy atom. The minimum atomic E-state index is -1.19. The Hall–Kier alpha value is -4.15. The molecule has 2 aliphatic heterocycles. The molecule has 0 N–H and O–H groups in total. The number of allylic oxidation sites excluding steroid dienone is 2. The zero-order valence-electron chi connectivity index (χ0n) is 26.3. The van der Waals surface area contributed by atoms with Crippen molar-refractivity contribution in [2.45, 2.75) is 65.7 Å². The molecule has 0 spiro atoms. The minimum absolute atomic E-state index is 0. The van der Waals surface area contributed by atoms with Gasteiger partial charge in [0.05, 0.1) is 29.8 Å². The van der Waals surface area contributed by atoms with E-state index in [0.29, 0.717) is 44.6 Å². The van der Waals surface area contributed by atoms with Gasteiger partial charge in [-0.15, -0.1) is 22.1 Å². The normalized spacial score (nSPS) is 17.0. The third kappa shape index (κ3) is 5.00. The number of aryl methyl sites for hydroxylation is 2. The first kappa shape index (κ1) is 32.2. The number of carbonyl (C=O) groups is 2. The van der Waals surface area contributed by atoms with E-state index in [1.165, 1.54) is 7.11 Å². The summed E-state index contributed by atoms with van der Waals surface area (Å²) in [5.41, 5.74) is 9.99. The van der Waals surface area contributed by atoms with Crippen molar-refractivity contribution in [2.75, 3.05) is 7.11 Å². The second-order valence-corrected chi connectivity index (χ2v) is 11.5. The molecular formula is C35H32MgN4O5-2. The zero-order chi connectivity index (χ0) is 31.6. The number of aromatic nitrogens is 4. The Balaban J connectivity index is 0.00000400. The fourth-order valence-corrected chi connectivity index (χ4v) is 6.75. The molecule has 226 valence electrons. The first-order valence-corrected chi connectivity index (χ1v) is 14.7. The number of hydrogen-bond donors (Lipinski definition) is 0. The molecule has 0 aromatic carbocycles. The standard InChI is InChI=1S/C35H36N4O5.Mg/c1-8-19-15(3)22-12-24-17(5)21(10-11-28(40)41)32(38-24)30-31(35(43)44-7)34(42)29-18(6)25(39-33(29)30)14-27-20(9-2)16(4)23(37-27)13-26(19)36-22;/h8,12-14,17,21H,1,9-11H2,2-7H3,(H4,36,37,38,39,40,41,42,43);/q;+2/p-4/t17-,21-;/m0./s1. The Labute approximate surface area is 277 Å². The molecule has 0 fully saturated rings. The van der Waals surface area contributed by atoms with Crippen LogP contribution in [0.2, 0.25) is 0 Å². The maximum atomic E-state index is 13.9. The van der Waals surface area contributed by atoms with Crippen LogP contribution in [0.3, 0.4) is 0 Å². The van der Waals surface area contributed by atoms with E-state index in [1.54, 1.807) is 6.08 Å². The van der Waals surface area contributed by atoms with E-state index in [9.17, 15) is 19.8 Å². The Bertz CT molecular complexity index is 2030. The monoisotopic (exact) mass is 612 g/mol. The van der Waals surface area contributed by atoms with Gasteiger partial charge in [0.1, 0.15) is 0 Å². The molecule has 0 amide bonds. The number of esters is 1. The van der Waals surface area contributed by atoms with E-state index in [2.05, 4.69) is 13.5 Å². The van der Waals surface area contributed by atoms with Crippen LogP contribution < -0.4 is 20.2 Å². The van der Waals surface area contributed by atoms with Gasteiger partial charge < -0.3 is 29.7 Å². The van der Waals surface area contributed by atoms with Gasteiger partial charge in [-0.1, -0.05) is 61.6 Å². The summed E-state index contributed by atoms with van der Waals surface area (Å²) in [5, 5.41) is 25.5. The third-order valence-electron chi connectivity index (χ3n) is 9.23. The first-order valence-electron chi connectivity index (χ1n) is 14.7. The van der Waals surface area contributed by atoms with Crippen molar-refractivity contribution in [3.05, 3.63) is 75.4 Å². The molecule has 5 heterocycles. The Morgan fingerprint density at radius 1 is 1.02 bits per heavy atom. The summed E-state index contributed by atoms with van der Waals surface area (Å²) in [4.78, 5) is 44.6. The van der Waals surface area contributed by atoms with Crippen molar-refractivity contribution in [2.24, 2.45) is 0 Å². The average molecular weight is 613 g/mol. The topological polar surface area (TPSA) is 143 Å². The quantitative estimate of drug-likeness (QED) is 0.299. The van der Waals surface area contributed by atoms with Gasteiger partial charge in [-0.2, -0.15) is 0 Å². The van der Waals surface area contributed by atoms with Gasteiger partial charge in [-0.05, 0) is 67.9 Å². The van der Waals surface area contributed by atoms with Gasteiger partial charge in [0.25, 0.3) is 0 Å². The summed E-state index contributed by atoms with van der Waals surface area (Å²) in [6.07, 6.45) is 2.50. The molecule has 1 aliphatic carbocycles. The predicted molar refractivity (Wildman–Crippen MR) is 171 cm³/mol. The van der Waals surface area contributed by atoms with Gasteiger partial charge in [0, 0.05) is 23.5 Å². The van der Waals surface area contributed by atoms with Crippen molar-refractivity contribution in [1.82, 2.24) is 19.9 Å². The van der Waals surface area contributed by atoms with Crippen LogP contribution in [0.4, 0.5) is 0 Å². The van der Waals surface area contributed by atoms with Crippen LogP contribution >= 0.6 is 0 Å². The summed E-state index contributed by atoms with van der Waals surface area (Å²) in [6, 6.07) is 5.74. The second-order valence-electron chi connectivity index (χ2n) is 11.5. The number of rotatable bonds is 6. The number of carboxylic acids is 1. The number of hydrogen-bond acceptors (Lipinski definition) is 7. The zero-order valence-corrected chi connectivity index (χ0v) is 27.7. The smallest absolute Gasteiger partial charge is 0.871 e. The van der Waals surface area contributed by atoms with E-state index in [-0.39, 0.29) is 47.4 Å². The van der Waals surface area contributed by atoms with Gasteiger partial charge >= 0.3 is 29.0 Å². The maximum Gasteiger partial charge on any atom is 2.00 e. The largest absolute Gasteiger partial charge is 2.00 e. The summed E-state index contributed by atoms with van der Waals surface area (Å²) in [6.45, 7) is 13.9. The molecule has 3 aliphatic rings. The molecule has 8 bridgehead atoms. The molecule has 3 aromatic rings. The van der Waals surface area contributed by atoms with Crippen LogP contribution in [0, 0.1) is 13.8 Å². The van der Waals surface area contributed by atoms with Crippen LogP contribution in [0.5, 0.6) is 0 Å². The predicted octanol–water partition coefficient (Wildman–Crippen LogP) is 3.93. The van der Waals surface area contributed by atoms with E-state index < -0.39 is 23.6 Å². The summed E-state index contributed by atoms with van der Waals surface area (Å²) in [7, 11) is 1.22. The molecule has 3 aromatic heterocycles. The number of methoxy groups -OCH3 is 1. The Kier molecular flexibility index (Phi) is 8.58. The number of carboxylic acid groups (broad SMARTS) is 1. The maximum absolute atomic E-state index is 13.9. The SMILES string of the molecule is C=Cc1c(C)c2cc3nc(c4c5[n-]c(cc6nc(cc1[n-]2)C(C)=C6CC)c(C)c5C([O-])=C4C(=O)OC)[C@@H](CCC(=O)[O-])[C@@H]3C.[Mg+2]. The number of nitrogens with zero attached hydrogens (tertiary/aromatic N) is 4. The first-order chi connectivity index (χ1) is 21.0. The van der Waals surface area contributed by atoms with Crippen LogP contribution in [-0.4, -0.2) is 52.1 Å². The third-order valence-corrected chi connectivity index (χ3v) is 9.23. The number of carbonyl (C=O) groups excluding carboxylic acids is 2. The molecule has 0 radical (unpaired) electrons. The van der Waals surface area contributed by atoms with Crippen molar-refractivity contribution >= 4 is 85.6 Å². The molecule has 6 rings (SSSR count). The van der Waals surface area contributed by atoms with Crippen LogP contribution in [-0.2, 0) is 14.3 Å². The van der Waals surface area contributed by atoms with Crippen molar-refractivity contribution in [3.8, 4) is 0 Å². The van der Waals surface area contributed by atoms with Gasteiger partial charge in [-0.3, -0.25) is 4.98 Å². The molecule has 9 nitrogen and oxygen atoms in total. The molecule has 0 unspecified atom stereocenters. The number of fused-ring (bicyclic) bond motifs is 8. The summed E-state index contributed by atoms with van der Waals surface area (Å²) in [5.74, 6) is -3.14. The fourth-order valence-electron chi connectivity index (χ4n) is 6.75. The number of ether oxygens (including phenoxy) is 1. The van der Waals surface area contributed by atoms with Crippen molar-refractivity contribution in [1.29, 1.82) is 0 Å². The van der Waals surface area contributed by atoms with Crippen LogP contribution in [0.15, 0.2) is 24.8 Å². The summed E-state index contributed by atoms with van der Waals surface area (Å²) < 4.78 is 5.07. The van der Waals surface area contributed by atoms with Gasteiger partial charge in [0.15, 0.2) is 0 Å². The van der Waals surface area contributed by atoms with Crippen molar-refractivity contribution < 1.29 is 24.5 Å².